The van der Waals surface area contributed by atoms with Gasteiger partial charge in [-0.25, -0.2) is 4.68 Å². The van der Waals surface area contributed by atoms with Crippen molar-refractivity contribution in [1.29, 1.82) is 0 Å². The molecule has 0 fully saturated rings. The summed E-state index contributed by atoms with van der Waals surface area (Å²) in [6.07, 6.45) is 2.38. The molecule has 5 nitrogen and oxygen atoms in total. The predicted octanol–water partition coefficient (Wildman–Crippen LogP) is 2.22. The van der Waals surface area contributed by atoms with E-state index in [1.165, 1.54) is 0 Å². The van der Waals surface area contributed by atoms with Crippen molar-refractivity contribution in [3.8, 4) is 5.69 Å². The number of hydrogen-bond donors (Lipinski definition) is 2. The summed E-state index contributed by atoms with van der Waals surface area (Å²) < 4.78 is 1.75. The van der Waals surface area contributed by atoms with Crippen LogP contribution in [0.4, 0.5) is 0 Å². The van der Waals surface area contributed by atoms with Gasteiger partial charge in [0, 0.05) is 18.3 Å². The molecule has 0 spiro atoms. The van der Waals surface area contributed by atoms with E-state index in [-0.39, 0.29) is 0 Å². The summed E-state index contributed by atoms with van der Waals surface area (Å²) in [6.45, 7) is 0.315. The highest BCUT2D eigenvalue weighted by atomic mass is 16.3. The van der Waals surface area contributed by atoms with Crippen molar-refractivity contribution in [3.63, 3.8) is 0 Å². The molecule has 0 saturated carbocycles. The number of hydrogen-bond acceptors (Lipinski definition) is 3. The van der Waals surface area contributed by atoms with Crippen molar-refractivity contribution in [2.75, 3.05) is 0 Å². The smallest absolute Gasteiger partial charge is 0.253 e. The molecule has 0 bridgehead atoms. The summed E-state index contributed by atoms with van der Waals surface area (Å²) >= 11 is 0. The van der Waals surface area contributed by atoms with Crippen molar-refractivity contribution in [2.24, 2.45) is 0 Å². The predicted molar refractivity (Wildman–Crippen MR) is 86.8 cm³/mol. The van der Waals surface area contributed by atoms with E-state index in [1.54, 1.807) is 35.1 Å². The Labute approximate surface area is 134 Å². The van der Waals surface area contributed by atoms with Crippen molar-refractivity contribution in [3.05, 3.63) is 84.2 Å². The molecule has 1 unspecified atom stereocenters. The SMILES string of the molecule is O=C(NCc1cnn(-c2ccccc2)c1)C(O)c1ccccc1. The third-order valence-corrected chi connectivity index (χ3v) is 3.49. The molecule has 2 N–H and O–H groups in total. The zero-order valence-corrected chi connectivity index (χ0v) is 12.5. The maximum Gasteiger partial charge on any atom is 0.253 e. The van der Waals surface area contributed by atoms with Crippen LogP contribution in [0.3, 0.4) is 0 Å². The second-order valence-electron chi connectivity index (χ2n) is 5.16. The van der Waals surface area contributed by atoms with Gasteiger partial charge in [0.1, 0.15) is 0 Å². The van der Waals surface area contributed by atoms with Gasteiger partial charge >= 0.3 is 0 Å². The Kier molecular flexibility index (Phi) is 4.49. The van der Waals surface area contributed by atoms with Crippen molar-refractivity contribution in [1.82, 2.24) is 15.1 Å². The molecule has 5 heteroatoms. The second-order valence-corrected chi connectivity index (χ2v) is 5.16. The van der Waals surface area contributed by atoms with Crippen LogP contribution in [0, 0.1) is 0 Å². The molecule has 3 rings (SSSR count). The fourth-order valence-corrected chi connectivity index (χ4v) is 2.25. The summed E-state index contributed by atoms with van der Waals surface area (Å²) in [5.41, 5.74) is 2.39. The van der Waals surface area contributed by atoms with E-state index in [1.807, 2.05) is 42.6 Å². The van der Waals surface area contributed by atoms with Gasteiger partial charge in [0.05, 0.1) is 11.9 Å². The largest absolute Gasteiger partial charge is 0.378 e. The summed E-state index contributed by atoms with van der Waals surface area (Å²) in [5, 5.41) is 17.0. The minimum atomic E-state index is -1.17. The number of para-hydroxylation sites is 1. The van der Waals surface area contributed by atoms with Gasteiger partial charge in [-0.05, 0) is 17.7 Å². The summed E-state index contributed by atoms with van der Waals surface area (Å²) in [5.74, 6) is -0.427. The number of aromatic nitrogens is 2. The van der Waals surface area contributed by atoms with Gasteiger partial charge in [-0.15, -0.1) is 0 Å². The first-order chi connectivity index (χ1) is 11.2. The van der Waals surface area contributed by atoms with Gasteiger partial charge in [-0.3, -0.25) is 4.79 Å². The zero-order chi connectivity index (χ0) is 16.1. The van der Waals surface area contributed by atoms with E-state index in [4.69, 9.17) is 0 Å². The number of carbonyl (C=O) groups is 1. The molecular weight excluding hydrogens is 290 g/mol. The Hall–Kier alpha value is -2.92. The number of aliphatic hydroxyl groups excluding tert-OH is 1. The number of nitrogens with one attached hydrogen (secondary N) is 1. The highest BCUT2D eigenvalue weighted by Crippen LogP contribution is 2.12. The number of carbonyl (C=O) groups excluding carboxylic acids is 1. The van der Waals surface area contributed by atoms with Crippen LogP contribution in [0.2, 0.25) is 0 Å². The Balaban J connectivity index is 1.61. The summed E-state index contributed by atoms with van der Waals surface area (Å²) in [7, 11) is 0. The Morgan fingerprint density at radius 2 is 1.74 bits per heavy atom. The lowest BCUT2D eigenvalue weighted by Crippen LogP contribution is -2.28. The fourth-order valence-electron chi connectivity index (χ4n) is 2.25. The van der Waals surface area contributed by atoms with Crippen LogP contribution in [-0.4, -0.2) is 20.8 Å². The molecule has 1 atom stereocenters. The molecule has 0 aliphatic carbocycles. The molecule has 1 aromatic heterocycles. The molecule has 116 valence electrons. The zero-order valence-electron chi connectivity index (χ0n) is 12.5. The quantitative estimate of drug-likeness (QED) is 0.759. The molecule has 1 amide bonds. The first-order valence-corrected chi connectivity index (χ1v) is 7.34. The van der Waals surface area contributed by atoms with Gasteiger partial charge < -0.3 is 10.4 Å². The van der Waals surface area contributed by atoms with Crippen LogP contribution < -0.4 is 5.32 Å². The van der Waals surface area contributed by atoms with E-state index in [0.29, 0.717) is 12.1 Å². The normalized spacial score (nSPS) is 11.9. The first kappa shape index (κ1) is 15.0. The minimum Gasteiger partial charge on any atom is -0.378 e. The molecule has 1 heterocycles. The monoisotopic (exact) mass is 307 g/mol. The number of rotatable bonds is 5. The maximum absolute atomic E-state index is 12.0. The van der Waals surface area contributed by atoms with E-state index < -0.39 is 12.0 Å². The van der Waals surface area contributed by atoms with Gasteiger partial charge in [-0.1, -0.05) is 48.5 Å². The summed E-state index contributed by atoms with van der Waals surface area (Å²) in [4.78, 5) is 12.0. The average molecular weight is 307 g/mol. The number of aliphatic hydroxyl groups is 1. The van der Waals surface area contributed by atoms with Crippen molar-refractivity contribution >= 4 is 5.91 Å². The van der Waals surface area contributed by atoms with Crippen LogP contribution in [0.15, 0.2) is 73.1 Å². The van der Waals surface area contributed by atoms with Gasteiger partial charge in [0.25, 0.3) is 5.91 Å². The second kappa shape index (κ2) is 6.89. The molecule has 0 saturated heterocycles. The molecule has 2 aromatic carbocycles. The van der Waals surface area contributed by atoms with E-state index in [2.05, 4.69) is 10.4 Å². The van der Waals surface area contributed by atoms with Crippen LogP contribution in [0.25, 0.3) is 5.69 Å². The molecule has 0 radical (unpaired) electrons. The average Bonchev–Trinajstić information content (AvgIpc) is 3.09. The van der Waals surface area contributed by atoms with Crippen LogP contribution in [-0.2, 0) is 11.3 Å². The van der Waals surface area contributed by atoms with E-state index >= 15 is 0 Å². The van der Waals surface area contributed by atoms with E-state index in [0.717, 1.165) is 11.3 Å². The molecule has 0 aliphatic heterocycles. The van der Waals surface area contributed by atoms with Gasteiger partial charge in [-0.2, -0.15) is 5.10 Å². The van der Waals surface area contributed by atoms with Crippen molar-refractivity contribution in [2.45, 2.75) is 12.6 Å². The van der Waals surface area contributed by atoms with Gasteiger partial charge in [0.2, 0.25) is 0 Å². The number of nitrogens with zero attached hydrogens (tertiary/aromatic N) is 2. The number of benzene rings is 2. The Morgan fingerprint density at radius 1 is 1.09 bits per heavy atom. The lowest BCUT2D eigenvalue weighted by atomic mass is 10.1. The standard InChI is InChI=1S/C18H17N3O2/c22-17(15-7-3-1-4-8-15)18(23)19-11-14-12-20-21(13-14)16-9-5-2-6-10-16/h1-10,12-13,17,22H,11H2,(H,19,23). The molecule has 0 aliphatic rings. The maximum atomic E-state index is 12.0. The first-order valence-electron chi connectivity index (χ1n) is 7.34. The molecular formula is C18H17N3O2. The third-order valence-electron chi connectivity index (χ3n) is 3.49. The lowest BCUT2D eigenvalue weighted by molar-refractivity contribution is -0.129. The fraction of sp³-hybridized carbons (Fsp3) is 0.111. The van der Waals surface area contributed by atoms with E-state index in [9.17, 15) is 9.90 Å². The summed E-state index contributed by atoms with van der Waals surface area (Å²) in [6, 6.07) is 18.6. The Morgan fingerprint density at radius 3 is 2.43 bits per heavy atom. The minimum absolute atomic E-state index is 0.315. The topological polar surface area (TPSA) is 67.2 Å². The van der Waals surface area contributed by atoms with Crippen LogP contribution in [0.1, 0.15) is 17.2 Å². The van der Waals surface area contributed by atoms with Crippen LogP contribution >= 0.6 is 0 Å². The highest BCUT2D eigenvalue weighted by molar-refractivity contribution is 5.81. The highest BCUT2D eigenvalue weighted by Gasteiger charge is 2.16. The third kappa shape index (κ3) is 3.64. The molecule has 3 aromatic rings. The van der Waals surface area contributed by atoms with Crippen molar-refractivity contribution < 1.29 is 9.90 Å². The Bertz CT molecular complexity index is 769. The molecule has 23 heavy (non-hydrogen) atoms. The van der Waals surface area contributed by atoms with Gasteiger partial charge in [0.15, 0.2) is 6.10 Å². The van der Waals surface area contributed by atoms with Crippen LogP contribution in [0.5, 0.6) is 0 Å². The lowest BCUT2D eigenvalue weighted by Gasteiger charge is -2.10. The number of amides is 1.